The second-order valence-electron chi connectivity index (χ2n) is 5.44. The Morgan fingerprint density at radius 3 is 2.53 bits per heavy atom. The summed E-state index contributed by atoms with van der Waals surface area (Å²) in [4.78, 5) is 0. The first-order valence-electron chi connectivity index (χ1n) is 7.17. The van der Waals surface area contributed by atoms with Gasteiger partial charge in [-0.25, -0.2) is 0 Å². The van der Waals surface area contributed by atoms with Crippen molar-refractivity contribution in [3.63, 3.8) is 0 Å². The number of allylic oxidation sites excluding steroid dienone is 1. The highest BCUT2D eigenvalue weighted by molar-refractivity contribution is 5.77. The zero-order valence-electron chi connectivity index (χ0n) is 11.7. The van der Waals surface area contributed by atoms with Gasteiger partial charge in [0.25, 0.3) is 0 Å². The Bertz CT molecular complexity index is 605. The van der Waals surface area contributed by atoms with Gasteiger partial charge in [-0.15, -0.1) is 0 Å². The van der Waals surface area contributed by atoms with Crippen LogP contribution in [0.5, 0.6) is 0 Å². The minimum absolute atomic E-state index is 0.691. The van der Waals surface area contributed by atoms with E-state index in [-0.39, 0.29) is 0 Å². The Kier molecular flexibility index (Phi) is 3.25. The van der Waals surface area contributed by atoms with Crippen molar-refractivity contribution >= 4 is 6.08 Å². The summed E-state index contributed by atoms with van der Waals surface area (Å²) in [7, 11) is 0. The van der Waals surface area contributed by atoms with Gasteiger partial charge in [0.05, 0.1) is 0 Å². The topological polar surface area (TPSA) is 0 Å². The van der Waals surface area contributed by atoms with Crippen LogP contribution in [0.1, 0.15) is 31.4 Å². The van der Waals surface area contributed by atoms with Crippen molar-refractivity contribution < 1.29 is 0 Å². The average Bonchev–Trinajstić information content (AvgIpc) is 2.91. The summed E-state index contributed by atoms with van der Waals surface area (Å²) in [6.45, 7) is 4.60. The molecule has 0 N–H and O–H groups in total. The Balaban J connectivity index is 2.01. The summed E-state index contributed by atoms with van der Waals surface area (Å²) < 4.78 is 0. The fraction of sp³-hybridized carbons (Fsp3) is 0.263. The highest BCUT2D eigenvalue weighted by Gasteiger charge is 2.19. The maximum atomic E-state index is 2.40. The van der Waals surface area contributed by atoms with E-state index in [2.05, 4.69) is 68.5 Å². The van der Waals surface area contributed by atoms with E-state index >= 15 is 0 Å². The average molecular weight is 248 g/mol. The molecule has 1 unspecified atom stereocenters. The molecule has 0 amide bonds. The van der Waals surface area contributed by atoms with E-state index in [1.165, 1.54) is 28.7 Å². The second kappa shape index (κ2) is 5.05. The summed E-state index contributed by atoms with van der Waals surface area (Å²) in [6.07, 6.45) is 4.74. The van der Waals surface area contributed by atoms with E-state index in [9.17, 15) is 0 Å². The predicted molar refractivity (Wildman–Crippen MR) is 83.0 cm³/mol. The molecule has 0 spiro atoms. The van der Waals surface area contributed by atoms with E-state index in [0.717, 1.165) is 6.42 Å². The first-order chi connectivity index (χ1) is 9.29. The molecule has 1 aliphatic rings. The van der Waals surface area contributed by atoms with Crippen molar-refractivity contribution in [2.75, 3.05) is 0 Å². The Labute approximate surface area is 115 Å². The van der Waals surface area contributed by atoms with Gasteiger partial charge in [0.1, 0.15) is 0 Å². The fourth-order valence-corrected chi connectivity index (χ4v) is 2.86. The van der Waals surface area contributed by atoms with Crippen LogP contribution in [0.2, 0.25) is 0 Å². The van der Waals surface area contributed by atoms with Crippen molar-refractivity contribution in [1.29, 1.82) is 0 Å². The van der Waals surface area contributed by atoms with E-state index in [1.54, 1.807) is 5.57 Å². The third-order valence-electron chi connectivity index (χ3n) is 4.26. The third kappa shape index (κ3) is 2.23. The molecule has 1 aliphatic carbocycles. The van der Waals surface area contributed by atoms with Crippen molar-refractivity contribution in [2.24, 2.45) is 5.92 Å². The van der Waals surface area contributed by atoms with Crippen LogP contribution < -0.4 is 0 Å². The van der Waals surface area contributed by atoms with Gasteiger partial charge in [-0.3, -0.25) is 0 Å². The lowest BCUT2D eigenvalue weighted by Gasteiger charge is -2.11. The minimum Gasteiger partial charge on any atom is -0.0648 e. The molecule has 0 saturated carbocycles. The molecule has 0 saturated heterocycles. The summed E-state index contributed by atoms with van der Waals surface area (Å²) in [5, 5.41) is 0. The van der Waals surface area contributed by atoms with Crippen molar-refractivity contribution in [3.05, 3.63) is 65.2 Å². The van der Waals surface area contributed by atoms with Gasteiger partial charge in [0.15, 0.2) is 0 Å². The molecule has 2 aromatic rings. The Hall–Kier alpha value is -1.82. The second-order valence-corrected chi connectivity index (χ2v) is 5.44. The zero-order valence-corrected chi connectivity index (χ0v) is 11.7. The number of hydrogen-bond acceptors (Lipinski definition) is 0. The molecule has 2 aromatic carbocycles. The van der Waals surface area contributed by atoms with Crippen LogP contribution in [-0.2, 0) is 6.42 Å². The summed E-state index contributed by atoms with van der Waals surface area (Å²) in [5.74, 6) is 0.691. The minimum atomic E-state index is 0.691. The summed E-state index contributed by atoms with van der Waals surface area (Å²) >= 11 is 0. The number of hydrogen-bond donors (Lipinski definition) is 0. The molecule has 1 atom stereocenters. The molecular weight excluding hydrogens is 228 g/mol. The maximum Gasteiger partial charge on any atom is -0.00490 e. The van der Waals surface area contributed by atoms with E-state index < -0.39 is 0 Å². The van der Waals surface area contributed by atoms with Gasteiger partial charge in [0, 0.05) is 0 Å². The highest BCUT2D eigenvalue weighted by atomic mass is 14.2. The van der Waals surface area contributed by atoms with Crippen molar-refractivity contribution in [3.8, 4) is 11.1 Å². The van der Waals surface area contributed by atoms with Gasteiger partial charge in [0.2, 0.25) is 0 Å². The van der Waals surface area contributed by atoms with Crippen LogP contribution in [0.15, 0.2) is 54.1 Å². The third-order valence-corrected chi connectivity index (χ3v) is 4.26. The lowest BCUT2D eigenvalue weighted by molar-refractivity contribution is 0.647. The first kappa shape index (κ1) is 12.2. The maximum absolute atomic E-state index is 2.40. The molecule has 19 heavy (non-hydrogen) atoms. The standard InChI is InChI=1S/C19H20/c1-3-14(2)17-12-16-10-7-11-18(19(16)13-17)15-8-5-4-6-9-15/h4-12,14H,3,13H2,1-2H3. The monoisotopic (exact) mass is 248 g/mol. The number of benzene rings is 2. The summed E-state index contributed by atoms with van der Waals surface area (Å²) in [6, 6.07) is 17.4. The van der Waals surface area contributed by atoms with Gasteiger partial charge in [-0.05, 0) is 41.0 Å². The molecular formula is C19H20. The predicted octanol–water partition coefficient (Wildman–Crippen LogP) is 5.34. The van der Waals surface area contributed by atoms with Gasteiger partial charge in [-0.2, -0.15) is 0 Å². The van der Waals surface area contributed by atoms with Crippen LogP contribution in [-0.4, -0.2) is 0 Å². The largest absolute Gasteiger partial charge is 0.0648 e. The van der Waals surface area contributed by atoms with Gasteiger partial charge >= 0.3 is 0 Å². The van der Waals surface area contributed by atoms with E-state index in [0.29, 0.717) is 5.92 Å². The molecule has 0 nitrogen and oxygen atoms in total. The fourth-order valence-electron chi connectivity index (χ4n) is 2.86. The van der Waals surface area contributed by atoms with E-state index in [1.807, 2.05) is 0 Å². The lowest BCUT2D eigenvalue weighted by Crippen LogP contribution is -1.98. The highest BCUT2D eigenvalue weighted by Crippen LogP contribution is 2.36. The van der Waals surface area contributed by atoms with Crippen LogP contribution in [0.4, 0.5) is 0 Å². The quantitative estimate of drug-likeness (QED) is 0.688. The molecule has 0 aromatic heterocycles. The van der Waals surface area contributed by atoms with Gasteiger partial charge in [-0.1, -0.05) is 74.0 Å². The Morgan fingerprint density at radius 1 is 1.00 bits per heavy atom. The summed E-state index contributed by atoms with van der Waals surface area (Å²) in [5.41, 5.74) is 7.23. The smallest absolute Gasteiger partial charge is 0.00490 e. The van der Waals surface area contributed by atoms with Crippen molar-refractivity contribution in [1.82, 2.24) is 0 Å². The Morgan fingerprint density at radius 2 is 1.79 bits per heavy atom. The van der Waals surface area contributed by atoms with Crippen LogP contribution in [0.3, 0.4) is 0 Å². The molecule has 0 heterocycles. The van der Waals surface area contributed by atoms with Gasteiger partial charge < -0.3 is 0 Å². The molecule has 0 fully saturated rings. The van der Waals surface area contributed by atoms with Crippen LogP contribution in [0.25, 0.3) is 17.2 Å². The number of rotatable bonds is 3. The van der Waals surface area contributed by atoms with Crippen LogP contribution >= 0.6 is 0 Å². The molecule has 96 valence electrons. The molecule has 3 rings (SSSR count). The lowest BCUT2D eigenvalue weighted by atomic mass is 9.93. The normalized spacial score (nSPS) is 14.9. The molecule has 0 heteroatoms. The van der Waals surface area contributed by atoms with E-state index in [4.69, 9.17) is 0 Å². The zero-order chi connectivity index (χ0) is 13.2. The van der Waals surface area contributed by atoms with Crippen molar-refractivity contribution in [2.45, 2.75) is 26.7 Å². The molecule has 0 aliphatic heterocycles. The number of fused-ring (bicyclic) bond motifs is 1. The SMILES string of the molecule is CCC(C)C1=Cc2cccc(-c3ccccc3)c2C1. The first-order valence-corrected chi connectivity index (χ1v) is 7.17. The van der Waals surface area contributed by atoms with Crippen LogP contribution in [0, 0.1) is 5.92 Å². The molecule has 0 bridgehead atoms. The molecule has 0 radical (unpaired) electrons.